The number of hydrogen-bond donors (Lipinski definition) is 1. The van der Waals surface area contributed by atoms with Crippen molar-refractivity contribution in [1.29, 1.82) is 0 Å². The fourth-order valence-corrected chi connectivity index (χ4v) is 5.96. The molecule has 1 amide bonds. The van der Waals surface area contributed by atoms with Crippen molar-refractivity contribution >= 4 is 62.6 Å². The lowest BCUT2D eigenvalue weighted by atomic mass is 10.2. The molecular formula is C28H24Cl3N3O7S. The number of anilines is 1. The summed E-state index contributed by atoms with van der Waals surface area (Å²) in [5, 5.41) is 5.02. The number of nitrogens with one attached hydrogen (secondary N) is 1. The minimum Gasteiger partial charge on any atom is -0.495 e. The van der Waals surface area contributed by atoms with E-state index in [0.717, 1.165) is 4.31 Å². The quantitative estimate of drug-likeness (QED) is 0.150. The van der Waals surface area contributed by atoms with Gasteiger partial charge in [0, 0.05) is 21.7 Å². The Morgan fingerprint density at radius 1 is 0.881 bits per heavy atom. The van der Waals surface area contributed by atoms with E-state index in [-0.39, 0.29) is 27.1 Å². The highest BCUT2D eigenvalue weighted by atomic mass is 35.5. The summed E-state index contributed by atoms with van der Waals surface area (Å²) >= 11 is 18.4. The molecule has 3 aromatic carbocycles. The smallest absolute Gasteiger partial charge is 0.265 e. The van der Waals surface area contributed by atoms with Crippen LogP contribution in [0.3, 0.4) is 0 Å². The Balaban J connectivity index is 1.60. The van der Waals surface area contributed by atoms with E-state index in [0.29, 0.717) is 32.9 Å². The van der Waals surface area contributed by atoms with E-state index in [4.69, 9.17) is 53.4 Å². The number of amides is 1. The maximum atomic E-state index is 13.9. The zero-order valence-electron chi connectivity index (χ0n) is 22.4. The molecule has 42 heavy (non-hydrogen) atoms. The van der Waals surface area contributed by atoms with Crippen molar-refractivity contribution in [3.8, 4) is 28.6 Å². The first-order valence-electron chi connectivity index (χ1n) is 12.0. The largest absolute Gasteiger partial charge is 0.495 e. The topological polar surface area (TPSA) is 120 Å². The molecule has 0 unspecified atom stereocenters. The molecule has 1 aromatic heterocycles. The summed E-state index contributed by atoms with van der Waals surface area (Å²) in [7, 11) is -0.188. The highest BCUT2D eigenvalue weighted by Crippen LogP contribution is 2.37. The van der Waals surface area contributed by atoms with Gasteiger partial charge in [0.15, 0.2) is 11.5 Å². The van der Waals surface area contributed by atoms with Gasteiger partial charge in [0.1, 0.15) is 23.8 Å². The van der Waals surface area contributed by atoms with E-state index in [1.165, 1.54) is 63.9 Å². The average Bonchev–Trinajstić information content (AvgIpc) is 3.43. The van der Waals surface area contributed by atoms with Crippen molar-refractivity contribution in [2.75, 3.05) is 32.2 Å². The summed E-state index contributed by atoms with van der Waals surface area (Å²) in [5.74, 6) is 0.694. The number of hydrazone groups is 1. The Labute approximate surface area is 257 Å². The first-order valence-corrected chi connectivity index (χ1v) is 14.6. The average molecular weight is 653 g/mol. The van der Waals surface area contributed by atoms with Crippen molar-refractivity contribution in [1.82, 2.24) is 5.43 Å². The monoisotopic (exact) mass is 651 g/mol. The number of ether oxygens (including phenoxy) is 3. The fourth-order valence-electron chi connectivity index (χ4n) is 3.85. The molecule has 14 heteroatoms. The van der Waals surface area contributed by atoms with Gasteiger partial charge in [0.25, 0.3) is 15.9 Å². The lowest BCUT2D eigenvalue weighted by Crippen LogP contribution is -2.39. The lowest BCUT2D eigenvalue weighted by molar-refractivity contribution is -0.119. The van der Waals surface area contributed by atoms with Gasteiger partial charge in [-0.2, -0.15) is 5.10 Å². The van der Waals surface area contributed by atoms with Gasteiger partial charge >= 0.3 is 0 Å². The first kappa shape index (κ1) is 31.0. The molecule has 0 aliphatic heterocycles. The number of furan rings is 1. The van der Waals surface area contributed by atoms with Crippen LogP contribution in [-0.4, -0.2) is 48.4 Å². The van der Waals surface area contributed by atoms with E-state index in [2.05, 4.69) is 10.5 Å². The number of carbonyl (C=O) groups excluding carboxylic acids is 1. The SMILES string of the molecule is COc1ccc(S(=O)(=O)N(CC(=O)N/N=C/c2ccc(-c3ccc(Cl)cc3Cl)o2)c2cc(Cl)ccc2OC)cc1OC. The summed E-state index contributed by atoms with van der Waals surface area (Å²) in [6.45, 7) is -0.672. The van der Waals surface area contributed by atoms with E-state index in [9.17, 15) is 13.2 Å². The standard InChI is InChI=1S/C28H24Cl3N3O7S/c1-38-25-9-5-18(30)13-23(25)34(42(36,37)20-7-11-26(39-2)27(14-20)40-3)16-28(35)33-32-15-19-6-10-24(41-19)21-8-4-17(29)12-22(21)31/h4-15H,16H2,1-3H3,(H,33,35)/b32-15+. The summed E-state index contributed by atoms with van der Waals surface area (Å²) in [4.78, 5) is 12.8. The van der Waals surface area contributed by atoms with Crippen LogP contribution >= 0.6 is 34.8 Å². The summed E-state index contributed by atoms with van der Waals surface area (Å²) < 4.78 is 50.2. The minimum absolute atomic E-state index is 0.0365. The van der Waals surface area contributed by atoms with Gasteiger partial charge in [-0.25, -0.2) is 13.8 Å². The van der Waals surface area contributed by atoms with Crippen LogP contribution < -0.4 is 23.9 Å². The van der Waals surface area contributed by atoms with Crippen LogP contribution in [0.1, 0.15) is 5.76 Å². The van der Waals surface area contributed by atoms with Gasteiger partial charge in [-0.3, -0.25) is 9.10 Å². The van der Waals surface area contributed by atoms with E-state index >= 15 is 0 Å². The summed E-state index contributed by atoms with van der Waals surface area (Å²) in [6.07, 6.45) is 1.26. The number of carbonyl (C=O) groups is 1. The van der Waals surface area contributed by atoms with Gasteiger partial charge in [0.05, 0.1) is 43.1 Å². The third-order valence-electron chi connectivity index (χ3n) is 5.84. The van der Waals surface area contributed by atoms with Gasteiger partial charge in [-0.1, -0.05) is 34.8 Å². The minimum atomic E-state index is -4.36. The Kier molecular flexibility index (Phi) is 9.89. The van der Waals surface area contributed by atoms with E-state index < -0.39 is 22.5 Å². The molecule has 0 aliphatic carbocycles. The Morgan fingerprint density at radius 3 is 2.24 bits per heavy atom. The molecule has 4 aromatic rings. The number of halogens is 3. The molecule has 0 spiro atoms. The summed E-state index contributed by atoms with van der Waals surface area (Å²) in [5.41, 5.74) is 2.98. The fraction of sp³-hybridized carbons (Fsp3) is 0.143. The van der Waals surface area contributed by atoms with Gasteiger partial charge in [0.2, 0.25) is 0 Å². The number of benzene rings is 3. The third kappa shape index (κ3) is 6.93. The Morgan fingerprint density at radius 2 is 1.55 bits per heavy atom. The van der Waals surface area contributed by atoms with Crippen molar-refractivity contribution in [3.05, 3.63) is 87.6 Å². The molecule has 10 nitrogen and oxygen atoms in total. The molecule has 0 bridgehead atoms. The van der Waals surface area contributed by atoms with Crippen LogP contribution in [0.25, 0.3) is 11.3 Å². The molecule has 0 aliphatic rings. The molecule has 0 radical (unpaired) electrons. The normalized spacial score (nSPS) is 11.4. The molecule has 220 valence electrons. The maximum Gasteiger partial charge on any atom is 0.265 e. The molecule has 4 rings (SSSR count). The lowest BCUT2D eigenvalue weighted by Gasteiger charge is -2.25. The second-order valence-corrected chi connectivity index (χ2v) is 11.6. The predicted octanol–water partition coefficient (Wildman–Crippen LogP) is 6.28. The van der Waals surface area contributed by atoms with Crippen molar-refractivity contribution in [2.24, 2.45) is 5.10 Å². The van der Waals surface area contributed by atoms with Crippen LogP contribution in [0.5, 0.6) is 17.2 Å². The van der Waals surface area contributed by atoms with Crippen LogP contribution in [0.15, 0.2) is 81.1 Å². The van der Waals surface area contributed by atoms with Crippen LogP contribution in [0, 0.1) is 0 Å². The zero-order valence-corrected chi connectivity index (χ0v) is 25.5. The number of sulfonamides is 1. The second kappa shape index (κ2) is 13.4. The zero-order chi connectivity index (χ0) is 30.4. The van der Waals surface area contributed by atoms with Crippen LogP contribution in [-0.2, 0) is 14.8 Å². The molecule has 1 heterocycles. The molecule has 0 saturated heterocycles. The first-order chi connectivity index (χ1) is 20.1. The van der Waals surface area contributed by atoms with Gasteiger partial charge in [-0.15, -0.1) is 0 Å². The highest BCUT2D eigenvalue weighted by Gasteiger charge is 2.30. The number of nitrogens with zero attached hydrogens (tertiary/aromatic N) is 2. The predicted molar refractivity (Wildman–Crippen MR) is 162 cm³/mol. The maximum absolute atomic E-state index is 13.9. The molecule has 0 saturated carbocycles. The Bertz CT molecular complexity index is 1740. The highest BCUT2D eigenvalue weighted by molar-refractivity contribution is 7.92. The van der Waals surface area contributed by atoms with Crippen LogP contribution in [0.4, 0.5) is 5.69 Å². The summed E-state index contributed by atoms with van der Waals surface area (Å²) in [6, 6.07) is 16.7. The van der Waals surface area contributed by atoms with E-state index in [1.807, 2.05) is 0 Å². The molecule has 1 N–H and O–H groups in total. The third-order valence-corrected chi connectivity index (χ3v) is 8.38. The van der Waals surface area contributed by atoms with Crippen molar-refractivity contribution in [3.63, 3.8) is 0 Å². The van der Waals surface area contributed by atoms with Crippen molar-refractivity contribution in [2.45, 2.75) is 4.90 Å². The molecule has 0 atom stereocenters. The molecular weight excluding hydrogens is 629 g/mol. The number of methoxy groups -OCH3 is 3. The van der Waals surface area contributed by atoms with Crippen molar-refractivity contribution < 1.29 is 31.8 Å². The van der Waals surface area contributed by atoms with E-state index in [1.54, 1.807) is 30.3 Å². The molecule has 0 fully saturated rings. The van der Waals surface area contributed by atoms with Gasteiger partial charge < -0.3 is 18.6 Å². The second-order valence-electron chi connectivity index (χ2n) is 8.46. The Hall–Kier alpha value is -3.90. The number of hydrogen-bond acceptors (Lipinski definition) is 8. The van der Waals surface area contributed by atoms with Crippen LogP contribution in [0.2, 0.25) is 15.1 Å². The number of rotatable bonds is 11. The van der Waals surface area contributed by atoms with Gasteiger partial charge in [-0.05, 0) is 60.7 Å².